The zero-order valence-electron chi connectivity index (χ0n) is 11.1. The van der Waals surface area contributed by atoms with E-state index in [0.717, 1.165) is 5.56 Å². The van der Waals surface area contributed by atoms with Crippen LogP contribution in [0.5, 0.6) is 5.88 Å². The molecule has 3 N–H and O–H groups in total. The van der Waals surface area contributed by atoms with Gasteiger partial charge in [0.1, 0.15) is 5.82 Å². The molecule has 1 aromatic carbocycles. The number of ether oxygens (including phenoxy) is 1. The Balaban J connectivity index is 2.08. The van der Waals surface area contributed by atoms with E-state index in [1.807, 2.05) is 12.1 Å². The number of anilines is 1. The summed E-state index contributed by atoms with van der Waals surface area (Å²) < 4.78 is 5.04. The third-order valence-electron chi connectivity index (χ3n) is 2.90. The first-order chi connectivity index (χ1) is 9.22. The van der Waals surface area contributed by atoms with Crippen molar-refractivity contribution in [3.8, 4) is 5.88 Å². The normalized spacial score (nSPS) is 11.9. The van der Waals surface area contributed by atoms with Crippen LogP contribution in [0.25, 0.3) is 0 Å². The molecule has 0 aliphatic carbocycles. The summed E-state index contributed by atoms with van der Waals surface area (Å²) in [4.78, 5) is 8.34. The van der Waals surface area contributed by atoms with Crippen molar-refractivity contribution < 1.29 is 4.74 Å². The van der Waals surface area contributed by atoms with Gasteiger partial charge in [-0.05, 0) is 18.1 Å². The van der Waals surface area contributed by atoms with Crippen LogP contribution in [0.1, 0.15) is 24.1 Å². The highest BCUT2D eigenvalue weighted by Crippen LogP contribution is 2.19. The van der Waals surface area contributed by atoms with Crippen LogP contribution in [0.2, 0.25) is 0 Å². The van der Waals surface area contributed by atoms with Crippen molar-refractivity contribution in [2.24, 2.45) is 5.73 Å². The van der Waals surface area contributed by atoms with Gasteiger partial charge >= 0.3 is 0 Å². The topological polar surface area (TPSA) is 73.1 Å². The molecule has 100 valence electrons. The number of aromatic nitrogens is 2. The first-order valence-electron chi connectivity index (χ1n) is 6.14. The fourth-order valence-corrected chi connectivity index (χ4v) is 1.76. The van der Waals surface area contributed by atoms with Gasteiger partial charge in [-0.2, -0.15) is 4.98 Å². The van der Waals surface area contributed by atoms with Crippen LogP contribution in [0.3, 0.4) is 0 Å². The van der Waals surface area contributed by atoms with Gasteiger partial charge in [-0.25, -0.2) is 0 Å². The summed E-state index contributed by atoms with van der Waals surface area (Å²) in [6.45, 7) is 2.63. The lowest BCUT2D eigenvalue weighted by molar-refractivity contribution is 0.396. The van der Waals surface area contributed by atoms with Gasteiger partial charge in [0.2, 0.25) is 5.88 Å². The molecule has 2 aromatic rings. The van der Waals surface area contributed by atoms with E-state index in [-0.39, 0.29) is 6.04 Å². The van der Waals surface area contributed by atoms with Crippen LogP contribution >= 0.6 is 0 Å². The molecule has 0 spiro atoms. The molecule has 5 heteroatoms. The van der Waals surface area contributed by atoms with E-state index in [2.05, 4.69) is 34.3 Å². The van der Waals surface area contributed by atoms with Crippen LogP contribution in [-0.4, -0.2) is 17.1 Å². The van der Waals surface area contributed by atoms with Crippen LogP contribution in [0.4, 0.5) is 5.82 Å². The average molecular weight is 258 g/mol. The van der Waals surface area contributed by atoms with Crippen molar-refractivity contribution in [1.82, 2.24) is 9.97 Å². The molecule has 5 nitrogen and oxygen atoms in total. The molecule has 1 unspecified atom stereocenters. The van der Waals surface area contributed by atoms with Crippen molar-refractivity contribution in [2.75, 3.05) is 12.4 Å². The van der Waals surface area contributed by atoms with Crippen LogP contribution in [0.15, 0.2) is 36.7 Å². The quantitative estimate of drug-likeness (QED) is 0.859. The maximum atomic E-state index is 5.58. The number of methoxy groups -OCH3 is 1. The van der Waals surface area contributed by atoms with Crippen molar-refractivity contribution in [1.29, 1.82) is 0 Å². The maximum absolute atomic E-state index is 5.58. The lowest BCUT2D eigenvalue weighted by Gasteiger charge is -2.15. The number of hydrogen-bond acceptors (Lipinski definition) is 5. The predicted octanol–water partition coefficient (Wildman–Crippen LogP) is 2.12. The molecule has 0 fully saturated rings. The largest absolute Gasteiger partial charge is 0.480 e. The summed E-state index contributed by atoms with van der Waals surface area (Å²) in [5, 5.41) is 3.29. The van der Waals surface area contributed by atoms with Crippen molar-refractivity contribution in [3.63, 3.8) is 0 Å². The summed E-state index contributed by atoms with van der Waals surface area (Å²) in [5.41, 5.74) is 7.87. The molecule has 0 amide bonds. The average Bonchev–Trinajstić information content (AvgIpc) is 2.47. The summed E-state index contributed by atoms with van der Waals surface area (Å²) in [5.74, 6) is 1.19. The number of rotatable bonds is 5. The van der Waals surface area contributed by atoms with E-state index >= 15 is 0 Å². The molecule has 1 atom stereocenters. The number of benzene rings is 1. The minimum atomic E-state index is 0.133. The van der Waals surface area contributed by atoms with Gasteiger partial charge in [0.25, 0.3) is 0 Å². The molecule has 0 saturated carbocycles. The van der Waals surface area contributed by atoms with Gasteiger partial charge in [0.15, 0.2) is 0 Å². The Morgan fingerprint density at radius 1 is 1.26 bits per heavy atom. The molecule has 1 aromatic heterocycles. The van der Waals surface area contributed by atoms with E-state index < -0.39 is 0 Å². The van der Waals surface area contributed by atoms with Crippen LogP contribution < -0.4 is 15.8 Å². The van der Waals surface area contributed by atoms with Gasteiger partial charge in [-0.3, -0.25) is 4.98 Å². The molecule has 1 heterocycles. The van der Waals surface area contributed by atoms with Gasteiger partial charge in [0, 0.05) is 12.6 Å². The zero-order valence-corrected chi connectivity index (χ0v) is 11.1. The molecule has 19 heavy (non-hydrogen) atoms. The van der Waals surface area contributed by atoms with Crippen LogP contribution in [-0.2, 0) is 6.54 Å². The number of nitrogens with two attached hydrogens (primary N) is 1. The van der Waals surface area contributed by atoms with Gasteiger partial charge in [-0.1, -0.05) is 24.3 Å². The van der Waals surface area contributed by atoms with E-state index in [4.69, 9.17) is 10.5 Å². The van der Waals surface area contributed by atoms with Gasteiger partial charge in [-0.15, -0.1) is 0 Å². The summed E-state index contributed by atoms with van der Waals surface area (Å²) in [7, 11) is 1.57. The monoisotopic (exact) mass is 258 g/mol. The predicted molar refractivity (Wildman–Crippen MR) is 75.0 cm³/mol. The second kappa shape index (κ2) is 6.15. The third-order valence-corrected chi connectivity index (χ3v) is 2.90. The highest BCUT2D eigenvalue weighted by Gasteiger charge is 2.07. The zero-order chi connectivity index (χ0) is 13.7. The summed E-state index contributed by atoms with van der Waals surface area (Å²) in [6.07, 6.45) is 3.25. The molecule has 0 aliphatic heterocycles. The fourth-order valence-electron chi connectivity index (χ4n) is 1.76. The highest BCUT2D eigenvalue weighted by molar-refractivity contribution is 5.38. The smallest absolute Gasteiger partial charge is 0.233 e. The van der Waals surface area contributed by atoms with Crippen molar-refractivity contribution in [3.05, 3.63) is 47.8 Å². The number of hydrogen-bond donors (Lipinski definition) is 2. The van der Waals surface area contributed by atoms with E-state index in [0.29, 0.717) is 18.2 Å². The SMILES string of the molecule is COc1cncc(NC(C)c2ccc(CN)cc2)n1. The Labute approximate surface area is 112 Å². The van der Waals surface area contributed by atoms with Crippen molar-refractivity contribution in [2.45, 2.75) is 19.5 Å². The Hall–Kier alpha value is -2.14. The molecule has 2 rings (SSSR count). The van der Waals surface area contributed by atoms with E-state index in [9.17, 15) is 0 Å². The molecular weight excluding hydrogens is 240 g/mol. The first kappa shape index (κ1) is 13.3. The van der Waals surface area contributed by atoms with Crippen LogP contribution in [0, 0.1) is 0 Å². The Morgan fingerprint density at radius 3 is 2.63 bits per heavy atom. The molecular formula is C14H18N4O. The first-order valence-corrected chi connectivity index (χ1v) is 6.14. The molecule has 0 aliphatic rings. The third kappa shape index (κ3) is 3.42. The minimum Gasteiger partial charge on any atom is -0.480 e. The highest BCUT2D eigenvalue weighted by atomic mass is 16.5. The lowest BCUT2D eigenvalue weighted by Crippen LogP contribution is -2.09. The Bertz CT molecular complexity index is 527. The maximum Gasteiger partial charge on any atom is 0.233 e. The standard InChI is InChI=1S/C14H18N4O/c1-10(12-5-3-11(7-15)4-6-12)17-13-8-16-9-14(18-13)19-2/h3-6,8-10H,7,15H2,1-2H3,(H,17,18). The second-order valence-electron chi connectivity index (χ2n) is 4.26. The van der Waals surface area contributed by atoms with E-state index in [1.54, 1.807) is 19.5 Å². The van der Waals surface area contributed by atoms with Gasteiger partial charge in [0.05, 0.1) is 19.5 Å². The molecule has 0 radical (unpaired) electrons. The Morgan fingerprint density at radius 2 is 2.00 bits per heavy atom. The summed E-state index contributed by atoms with van der Waals surface area (Å²) in [6, 6.07) is 8.32. The molecule has 0 bridgehead atoms. The summed E-state index contributed by atoms with van der Waals surface area (Å²) >= 11 is 0. The molecule has 0 saturated heterocycles. The Kier molecular flexibility index (Phi) is 4.30. The number of nitrogens with zero attached hydrogens (tertiary/aromatic N) is 2. The number of nitrogens with one attached hydrogen (secondary N) is 1. The van der Waals surface area contributed by atoms with Crippen molar-refractivity contribution >= 4 is 5.82 Å². The second-order valence-corrected chi connectivity index (χ2v) is 4.26. The van der Waals surface area contributed by atoms with Gasteiger partial charge < -0.3 is 15.8 Å². The fraction of sp³-hybridized carbons (Fsp3) is 0.286. The van der Waals surface area contributed by atoms with E-state index in [1.165, 1.54) is 5.56 Å². The lowest BCUT2D eigenvalue weighted by atomic mass is 10.1. The minimum absolute atomic E-state index is 0.133.